The second-order valence-corrected chi connectivity index (χ2v) is 5.34. The molecule has 5 heteroatoms. The fourth-order valence-electron chi connectivity index (χ4n) is 2.76. The summed E-state index contributed by atoms with van der Waals surface area (Å²) < 4.78 is 1.86. The van der Waals surface area contributed by atoms with E-state index in [-0.39, 0.29) is 0 Å². The summed E-state index contributed by atoms with van der Waals surface area (Å²) in [5, 5.41) is 7.67. The predicted octanol–water partition coefficient (Wildman–Crippen LogP) is 1.32. The third-order valence-electron chi connectivity index (χ3n) is 3.79. The number of anilines is 1. The number of benzene rings is 1. The van der Waals surface area contributed by atoms with E-state index in [2.05, 4.69) is 51.5 Å². The van der Waals surface area contributed by atoms with Crippen LogP contribution in [0.2, 0.25) is 0 Å². The summed E-state index contributed by atoms with van der Waals surface area (Å²) in [6.07, 6.45) is 4.51. The molecule has 0 amide bonds. The van der Waals surface area contributed by atoms with Crippen LogP contribution in [0.5, 0.6) is 0 Å². The lowest BCUT2D eigenvalue weighted by Crippen LogP contribution is -2.37. The van der Waals surface area contributed by atoms with Crippen molar-refractivity contribution in [3.05, 3.63) is 42.5 Å². The fourth-order valence-corrected chi connectivity index (χ4v) is 2.76. The van der Waals surface area contributed by atoms with Crippen LogP contribution >= 0.6 is 0 Å². The second-order valence-electron chi connectivity index (χ2n) is 5.34. The van der Waals surface area contributed by atoms with Crippen LogP contribution in [0, 0.1) is 0 Å². The van der Waals surface area contributed by atoms with Gasteiger partial charge in [0, 0.05) is 31.4 Å². The Balaban J connectivity index is 1.44. The lowest BCUT2D eigenvalue weighted by Gasteiger charge is -2.21. The van der Waals surface area contributed by atoms with Crippen LogP contribution in [-0.2, 0) is 13.0 Å². The van der Waals surface area contributed by atoms with Gasteiger partial charge in [-0.25, -0.2) is 4.98 Å². The Morgan fingerprint density at radius 3 is 3.10 bits per heavy atom. The maximum Gasteiger partial charge on any atom is 0.137 e. The van der Waals surface area contributed by atoms with Crippen LogP contribution < -0.4 is 10.2 Å². The van der Waals surface area contributed by atoms with Crippen LogP contribution in [0.3, 0.4) is 0 Å². The van der Waals surface area contributed by atoms with Gasteiger partial charge in [-0.3, -0.25) is 4.68 Å². The quantitative estimate of drug-likeness (QED) is 0.861. The number of aromatic nitrogens is 3. The van der Waals surface area contributed by atoms with E-state index in [0.717, 1.165) is 26.2 Å². The Kier molecular flexibility index (Phi) is 3.97. The van der Waals surface area contributed by atoms with Gasteiger partial charge in [0.15, 0.2) is 0 Å². The van der Waals surface area contributed by atoms with E-state index in [9.17, 15) is 0 Å². The zero-order chi connectivity index (χ0) is 13.8. The molecule has 0 saturated heterocycles. The summed E-state index contributed by atoms with van der Waals surface area (Å²) in [5.74, 6) is 0. The van der Waals surface area contributed by atoms with Crippen LogP contribution in [0.15, 0.2) is 36.9 Å². The molecule has 5 nitrogen and oxygen atoms in total. The van der Waals surface area contributed by atoms with Gasteiger partial charge in [0.25, 0.3) is 0 Å². The molecule has 3 rings (SSSR count). The number of rotatable bonds is 6. The monoisotopic (exact) mass is 271 g/mol. The molecule has 0 aliphatic carbocycles. The SMILES string of the molecule is C[C@@H](Cn1cncn1)NCCN1CCc2ccccc21. The summed E-state index contributed by atoms with van der Waals surface area (Å²) in [6.45, 7) is 6.22. The highest BCUT2D eigenvalue weighted by molar-refractivity contribution is 5.57. The average molecular weight is 271 g/mol. The van der Waals surface area contributed by atoms with Crippen LogP contribution in [0.4, 0.5) is 5.69 Å². The highest BCUT2D eigenvalue weighted by Gasteiger charge is 2.17. The van der Waals surface area contributed by atoms with Gasteiger partial charge >= 0.3 is 0 Å². The van der Waals surface area contributed by atoms with E-state index >= 15 is 0 Å². The van der Waals surface area contributed by atoms with Gasteiger partial charge in [-0.15, -0.1) is 0 Å². The van der Waals surface area contributed by atoms with Crippen LogP contribution in [0.25, 0.3) is 0 Å². The van der Waals surface area contributed by atoms with Crippen molar-refractivity contribution in [1.29, 1.82) is 0 Å². The molecular weight excluding hydrogens is 250 g/mol. The molecule has 0 bridgehead atoms. The minimum atomic E-state index is 0.398. The number of nitrogens with one attached hydrogen (secondary N) is 1. The van der Waals surface area contributed by atoms with E-state index in [1.165, 1.54) is 17.7 Å². The molecule has 0 radical (unpaired) electrons. The lowest BCUT2D eigenvalue weighted by atomic mass is 10.2. The third kappa shape index (κ3) is 2.99. The average Bonchev–Trinajstić information content (AvgIpc) is 3.09. The molecule has 2 aromatic rings. The standard InChI is InChI=1S/C15H21N5/c1-13(10-20-12-16-11-18-20)17-7-9-19-8-6-14-4-2-3-5-15(14)19/h2-5,11-13,17H,6-10H2,1H3/t13-/m0/s1. The molecule has 0 fully saturated rings. The van der Waals surface area contributed by atoms with Gasteiger partial charge in [-0.1, -0.05) is 18.2 Å². The first kappa shape index (κ1) is 13.1. The number of hydrogen-bond donors (Lipinski definition) is 1. The van der Waals surface area contributed by atoms with Crippen molar-refractivity contribution in [2.24, 2.45) is 0 Å². The number of para-hydroxylation sites is 1. The highest BCUT2D eigenvalue weighted by atomic mass is 15.3. The van der Waals surface area contributed by atoms with E-state index in [4.69, 9.17) is 0 Å². The minimum absolute atomic E-state index is 0.398. The van der Waals surface area contributed by atoms with E-state index in [1.54, 1.807) is 12.7 Å². The summed E-state index contributed by atoms with van der Waals surface area (Å²) in [7, 11) is 0. The van der Waals surface area contributed by atoms with Crippen molar-refractivity contribution in [1.82, 2.24) is 20.1 Å². The maximum atomic E-state index is 4.13. The summed E-state index contributed by atoms with van der Waals surface area (Å²) >= 11 is 0. The largest absolute Gasteiger partial charge is 0.370 e. The Morgan fingerprint density at radius 1 is 1.35 bits per heavy atom. The van der Waals surface area contributed by atoms with Crippen molar-refractivity contribution in [3.63, 3.8) is 0 Å². The Hall–Kier alpha value is -1.88. The molecule has 1 atom stereocenters. The van der Waals surface area contributed by atoms with Crippen molar-refractivity contribution >= 4 is 5.69 Å². The molecule has 0 saturated carbocycles. The topological polar surface area (TPSA) is 46.0 Å². The molecule has 1 aromatic heterocycles. The highest BCUT2D eigenvalue weighted by Crippen LogP contribution is 2.26. The molecule has 0 unspecified atom stereocenters. The number of nitrogens with zero attached hydrogens (tertiary/aromatic N) is 4. The van der Waals surface area contributed by atoms with Crippen molar-refractivity contribution < 1.29 is 0 Å². The van der Waals surface area contributed by atoms with Crippen LogP contribution in [-0.4, -0.2) is 40.4 Å². The fraction of sp³-hybridized carbons (Fsp3) is 0.467. The molecular formula is C15H21N5. The molecule has 20 heavy (non-hydrogen) atoms. The maximum absolute atomic E-state index is 4.13. The second kappa shape index (κ2) is 6.05. The van der Waals surface area contributed by atoms with E-state index < -0.39 is 0 Å². The van der Waals surface area contributed by atoms with Gasteiger partial charge in [-0.2, -0.15) is 5.10 Å². The lowest BCUT2D eigenvalue weighted by molar-refractivity contribution is 0.453. The van der Waals surface area contributed by atoms with Gasteiger partial charge < -0.3 is 10.2 Å². The van der Waals surface area contributed by atoms with Crippen LogP contribution in [0.1, 0.15) is 12.5 Å². The summed E-state index contributed by atoms with van der Waals surface area (Å²) in [6, 6.07) is 9.10. The molecule has 1 N–H and O–H groups in total. The molecule has 2 heterocycles. The van der Waals surface area contributed by atoms with E-state index in [0.29, 0.717) is 6.04 Å². The van der Waals surface area contributed by atoms with Crippen molar-refractivity contribution in [3.8, 4) is 0 Å². The van der Waals surface area contributed by atoms with Gasteiger partial charge in [0.1, 0.15) is 12.7 Å². The molecule has 1 aliphatic rings. The predicted molar refractivity (Wildman–Crippen MR) is 79.8 cm³/mol. The molecule has 1 aliphatic heterocycles. The normalized spacial score (nSPS) is 15.3. The van der Waals surface area contributed by atoms with Gasteiger partial charge in [-0.05, 0) is 25.0 Å². The Labute approximate surface area is 119 Å². The minimum Gasteiger partial charge on any atom is -0.370 e. The first-order valence-corrected chi connectivity index (χ1v) is 7.21. The van der Waals surface area contributed by atoms with E-state index in [1.807, 2.05) is 4.68 Å². The van der Waals surface area contributed by atoms with Crippen molar-refractivity contribution in [2.45, 2.75) is 25.9 Å². The summed E-state index contributed by atoms with van der Waals surface area (Å²) in [4.78, 5) is 6.42. The first-order valence-electron chi connectivity index (χ1n) is 7.21. The molecule has 106 valence electrons. The smallest absolute Gasteiger partial charge is 0.137 e. The Bertz CT molecular complexity index is 537. The third-order valence-corrected chi connectivity index (χ3v) is 3.79. The Morgan fingerprint density at radius 2 is 2.25 bits per heavy atom. The van der Waals surface area contributed by atoms with Gasteiger partial charge in [0.05, 0.1) is 6.54 Å². The zero-order valence-corrected chi connectivity index (χ0v) is 11.9. The van der Waals surface area contributed by atoms with Crippen molar-refractivity contribution in [2.75, 3.05) is 24.5 Å². The molecule has 1 aromatic carbocycles. The summed E-state index contributed by atoms with van der Waals surface area (Å²) in [5.41, 5.74) is 2.88. The number of fused-ring (bicyclic) bond motifs is 1. The van der Waals surface area contributed by atoms with Gasteiger partial charge in [0.2, 0.25) is 0 Å². The zero-order valence-electron chi connectivity index (χ0n) is 11.9. The molecule has 0 spiro atoms. The number of hydrogen-bond acceptors (Lipinski definition) is 4. The first-order chi connectivity index (χ1) is 9.83.